The van der Waals surface area contributed by atoms with Gasteiger partial charge in [0.15, 0.2) is 5.96 Å². The van der Waals surface area contributed by atoms with Crippen molar-refractivity contribution in [3.05, 3.63) is 71.3 Å². The van der Waals surface area contributed by atoms with Crippen LogP contribution in [0.1, 0.15) is 23.6 Å². The summed E-state index contributed by atoms with van der Waals surface area (Å²) >= 11 is 0. The van der Waals surface area contributed by atoms with Gasteiger partial charge in [-0.05, 0) is 30.2 Å². The van der Waals surface area contributed by atoms with E-state index in [1.165, 1.54) is 5.56 Å². The van der Waals surface area contributed by atoms with Crippen LogP contribution in [0.15, 0.2) is 59.6 Å². The van der Waals surface area contributed by atoms with Gasteiger partial charge in [0.05, 0.1) is 36.9 Å². The van der Waals surface area contributed by atoms with E-state index in [1.54, 1.807) is 0 Å². The van der Waals surface area contributed by atoms with Crippen molar-refractivity contribution in [1.29, 1.82) is 5.26 Å². The summed E-state index contributed by atoms with van der Waals surface area (Å²) < 4.78 is 6.12. The maximum absolute atomic E-state index is 9.12. The first-order chi connectivity index (χ1) is 14.8. The fourth-order valence-corrected chi connectivity index (χ4v) is 4.28. The second kappa shape index (κ2) is 11.5. The second-order valence-corrected chi connectivity index (χ2v) is 7.82. The Morgan fingerprint density at radius 1 is 1.16 bits per heavy atom. The van der Waals surface area contributed by atoms with E-state index in [2.05, 4.69) is 58.4 Å². The largest absolute Gasteiger partial charge is 0.373 e. The number of aliphatic imine (C=N–C) groups is 1. The normalized spacial score (nSPS) is 21.2. The summed E-state index contributed by atoms with van der Waals surface area (Å²) in [6.45, 7) is 7.90. The minimum atomic E-state index is 0. The summed E-state index contributed by atoms with van der Waals surface area (Å²) in [6, 6.07) is 20.9. The molecule has 0 radical (unpaired) electrons. The van der Waals surface area contributed by atoms with Crippen molar-refractivity contribution in [2.75, 3.05) is 32.8 Å². The number of morpholine rings is 1. The number of benzene rings is 2. The smallest absolute Gasteiger partial charge is 0.194 e. The van der Waals surface area contributed by atoms with E-state index in [-0.39, 0.29) is 30.1 Å². The second-order valence-electron chi connectivity index (χ2n) is 7.82. The van der Waals surface area contributed by atoms with Crippen LogP contribution in [-0.2, 0) is 17.8 Å². The Balaban J connectivity index is 0.00000272. The molecule has 2 heterocycles. The molecule has 2 aromatic carbocycles. The number of likely N-dealkylation sites (tertiary alicyclic amines) is 1. The molecule has 7 heteroatoms. The number of hydrogen-bond acceptors (Lipinski definition) is 4. The van der Waals surface area contributed by atoms with Crippen LogP contribution in [0, 0.1) is 11.3 Å². The van der Waals surface area contributed by atoms with Crippen LogP contribution in [0.4, 0.5) is 0 Å². The van der Waals surface area contributed by atoms with E-state index in [4.69, 9.17) is 15.0 Å². The molecule has 1 N–H and O–H groups in total. The van der Waals surface area contributed by atoms with Crippen molar-refractivity contribution in [2.45, 2.75) is 32.2 Å². The van der Waals surface area contributed by atoms with Crippen LogP contribution in [0.5, 0.6) is 0 Å². The molecule has 6 nitrogen and oxygen atoms in total. The van der Waals surface area contributed by atoms with Crippen LogP contribution >= 0.6 is 24.0 Å². The number of ether oxygens (including phenoxy) is 1. The number of rotatable bonds is 5. The quantitative estimate of drug-likeness (QED) is 0.365. The zero-order chi connectivity index (χ0) is 20.8. The molecule has 2 aliphatic heterocycles. The SMILES string of the molecule is CCNC(=NCc1cccc(C#N)c1)N1CC2OCCN(Cc3ccccc3)C2C1.I. The molecule has 0 aliphatic carbocycles. The van der Waals surface area contributed by atoms with Gasteiger partial charge in [-0.3, -0.25) is 4.90 Å². The van der Waals surface area contributed by atoms with Gasteiger partial charge in [0.1, 0.15) is 0 Å². The van der Waals surface area contributed by atoms with Crippen LogP contribution in [-0.4, -0.2) is 60.7 Å². The van der Waals surface area contributed by atoms with Gasteiger partial charge in [0, 0.05) is 32.7 Å². The summed E-state index contributed by atoms with van der Waals surface area (Å²) in [5, 5.41) is 12.6. The molecule has 2 unspecified atom stereocenters. The Hall–Kier alpha value is -2.15. The Kier molecular flexibility index (Phi) is 8.69. The fraction of sp³-hybridized carbons (Fsp3) is 0.417. The summed E-state index contributed by atoms with van der Waals surface area (Å²) in [7, 11) is 0. The average molecular weight is 531 g/mol. The number of nitrogens with one attached hydrogen (secondary N) is 1. The van der Waals surface area contributed by atoms with Gasteiger partial charge in [-0.1, -0.05) is 42.5 Å². The van der Waals surface area contributed by atoms with Crippen molar-refractivity contribution in [3.8, 4) is 6.07 Å². The first-order valence-corrected chi connectivity index (χ1v) is 10.7. The lowest BCUT2D eigenvalue weighted by Crippen LogP contribution is -2.50. The maximum Gasteiger partial charge on any atom is 0.194 e. The topological polar surface area (TPSA) is 63.9 Å². The van der Waals surface area contributed by atoms with Gasteiger partial charge in [0.2, 0.25) is 0 Å². The zero-order valence-corrected chi connectivity index (χ0v) is 20.2. The molecule has 0 saturated carbocycles. The van der Waals surface area contributed by atoms with Gasteiger partial charge in [-0.25, -0.2) is 4.99 Å². The predicted octanol–water partition coefficient (Wildman–Crippen LogP) is 3.23. The third-order valence-electron chi connectivity index (χ3n) is 5.75. The lowest BCUT2D eigenvalue weighted by Gasteiger charge is -2.36. The van der Waals surface area contributed by atoms with Crippen molar-refractivity contribution in [3.63, 3.8) is 0 Å². The molecule has 2 atom stereocenters. The molecule has 2 fully saturated rings. The van der Waals surface area contributed by atoms with Gasteiger partial charge < -0.3 is 15.0 Å². The Morgan fingerprint density at radius 2 is 1.97 bits per heavy atom. The van der Waals surface area contributed by atoms with Crippen LogP contribution in [0.2, 0.25) is 0 Å². The highest BCUT2D eigenvalue weighted by Crippen LogP contribution is 2.25. The Labute approximate surface area is 201 Å². The summed E-state index contributed by atoms with van der Waals surface area (Å²) in [6.07, 6.45) is 0.202. The average Bonchev–Trinajstić information content (AvgIpc) is 3.23. The third kappa shape index (κ3) is 5.97. The molecule has 0 bridgehead atoms. The monoisotopic (exact) mass is 531 g/mol. The van der Waals surface area contributed by atoms with Crippen LogP contribution in [0.25, 0.3) is 0 Å². The number of nitrogens with zero attached hydrogens (tertiary/aromatic N) is 4. The minimum absolute atomic E-state index is 0. The minimum Gasteiger partial charge on any atom is -0.373 e. The molecule has 164 valence electrons. The van der Waals surface area contributed by atoms with Gasteiger partial charge in [0.25, 0.3) is 0 Å². The van der Waals surface area contributed by atoms with Crippen molar-refractivity contribution < 1.29 is 4.74 Å². The third-order valence-corrected chi connectivity index (χ3v) is 5.75. The predicted molar refractivity (Wildman–Crippen MR) is 133 cm³/mol. The molecule has 0 aromatic heterocycles. The van der Waals surface area contributed by atoms with E-state index >= 15 is 0 Å². The van der Waals surface area contributed by atoms with Gasteiger partial charge >= 0.3 is 0 Å². The first kappa shape index (κ1) is 23.5. The standard InChI is InChI=1S/C24H29N5O.HI/c1-2-26-24(27-15-21-10-6-9-20(13-21)14-25)29-17-22-23(18-29)30-12-11-28(22)16-19-7-4-3-5-8-19;/h3-10,13,22-23H,2,11-12,15-18H2,1H3,(H,26,27);1H. The highest BCUT2D eigenvalue weighted by Gasteiger charge is 2.41. The molecule has 31 heavy (non-hydrogen) atoms. The van der Waals surface area contributed by atoms with E-state index in [9.17, 15) is 0 Å². The highest BCUT2D eigenvalue weighted by molar-refractivity contribution is 14.0. The molecular weight excluding hydrogens is 501 g/mol. The van der Waals surface area contributed by atoms with E-state index < -0.39 is 0 Å². The molecule has 0 amide bonds. The van der Waals surface area contributed by atoms with Crippen LogP contribution < -0.4 is 5.32 Å². The number of fused-ring (bicyclic) bond motifs is 1. The van der Waals surface area contributed by atoms with E-state index in [0.717, 1.165) is 50.9 Å². The molecule has 0 spiro atoms. The lowest BCUT2D eigenvalue weighted by atomic mass is 10.1. The summed E-state index contributed by atoms with van der Waals surface area (Å²) in [4.78, 5) is 9.72. The maximum atomic E-state index is 9.12. The zero-order valence-electron chi connectivity index (χ0n) is 17.9. The van der Waals surface area contributed by atoms with Crippen molar-refractivity contribution in [1.82, 2.24) is 15.1 Å². The molecular formula is C24H30IN5O. The number of hydrogen-bond donors (Lipinski definition) is 1. The number of nitriles is 1. The molecule has 4 rings (SSSR count). The Bertz CT molecular complexity index is 914. The molecule has 2 aliphatic rings. The first-order valence-electron chi connectivity index (χ1n) is 10.7. The summed E-state index contributed by atoms with van der Waals surface area (Å²) in [5.74, 6) is 0.914. The van der Waals surface area contributed by atoms with Gasteiger partial charge in [-0.15, -0.1) is 24.0 Å². The fourth-order valence-electron chi connectivity index (χ4n) is 4.28. The van der Waals surface area contributed by atoms with E-state index in [0.29, 0.717) is 18.2 Å². The van der Waals surface area contributed by atoms with Gasteiger partial charge in [-0.2, -0.15) is 5.26 Å². The molecule has 2 aromatic rings. The van der Waals surface area contributed by atoms with Crippen molar-refractivity contribution >= 4 is 29.9 Å². The van der Waals surface area contributed by atoms with E-state index in [1.807, 2.05) is 24.3 Å². The lowest BCUT2D eigenvalue weighted by molar-refractivity contribution is -0.0502. The number of guanidine groups is 1. The Morgan fingerprint density at radius 3 is 2.74 bits per heavy atom. The number of halogens is 1. The highest BCUT2D eigenvalue weighted by atomic mass is 127. The molecule has 2 saturated heterocycles. The van der Waals surface area contributed by atoms with Crippen molar-refractivity contribution in [2.24, 2.45) is 4.99 Å². The van der Waals surface area contributed by atoms with Crippen LogP contribution in [0.3, 0.4) is 0 Å². The summed E-state index contributed by atoms with van der Waals surface area (Å²) in [5.41, 5.74) is 3.06.